The van der Waals surface area contributed by atoms with Crippen LogP contribution in [-0.4, -0.2) is 0 Å². The normalized spacial score (nSPS) is 35.8. The maximum Gasteiger partial charge on any atom is -0.0116 e. The minimum atomic E-state index is 0.475. The summed E-state index contributed by atoms with van der Waals surface area (Å²) in [7, 11) is 0. The summed E-state index contributed by atoms with van der Waals surface area (Å²) in [4.78, 5) is 0. The molecule has 0 amide bonds. The zero-order valence-electron chi connectivity index (χ0n) is 23.3. The minimum Gasteiger partial charge on any atom is -0.0996 e. The molecule has 4 rings (SSSR count). The summed E-state index contributed by atoms with van der Waals surface area (Å²) in [6, 6.07) is 0. The highest BCUT2D eigenvalue weighted by Crippen LogP contribution is 2.58. The lowest BCUT2D eigenvalue weighted by Gasteiger charge is -2.31. The lowest BCUT2D eigenvalue weighted by molar-refractivity contribution is 0.271. The van der Waals surface area contributed by atoms with E-state index in [1.807, 2.05) is 0 Å². The second-order valence-corrected chi connectivity index (χ2v) is 13.1. The van der Waals surface area contributed by atoms with Gasteiger partial charge in [0.05, 0.1) is 0 Å². The van der Waals surface area contributed by atoms with Crippen LogP contribution in [0.5, 0.6) is 0 Å². The van der Waals surface area contributed by atoms with Crippen molar-refractivity contribution in [2.24, 2.45) is 52.8 Å². The topological polar surface area (TPSA) is 0 Å². The average Bonchev–Trinajstić information content (AvgIpc) is 3.29. The largest absolute Gasteiger partial charge is 0.0996 e. The maximum atomic E-state index is 4.19. The summed E-state index contributed by atoms with van der Waals surface area (Å²) < 4.78 is 0. The van der Waals surface area contributed by atoms with Crippen LogP contribution in [0.25, 0.3) is 0 Å². The first-order chi connectivity index (χ1) is 14.8. The predicted octanol–water partition coefficient (Wildman–Crippen LogP) is 10.3. The Morgan fingerprint density at radius 3 is 1.84 bits per heavy atom. The molecule has 0 aromatic carbocycles. The molecule has 184 valence electrons. The van der Waals surface area contributed by atoms with Crippen molar-refractivity contribution in [1.82, 2.24) is 0 Å². The van der Waals surface area contributed by atoms with E-state index in [9.17, 15) is 0 Å². The monoisotopic (exact) mass is 440 g/mol. The fourth-order valence-corrected chi connectivity index (χ4v) is 6.52. The molecular formula is C32H56. The van der Waals surface area contributed by atoms with E-state index in [2.05, 4.69) is 81.5 Å². The Hall–Kier alpha value is -0.780. The van der Waals surface area contributed by atoms with Crippen molar-refractivity contribution in [3.8, 4) is 0 Å². The van der Waals surface area contributed by atoms with Crippen LogP contribution in [0.4, 0.5) is 0 Å². The van der Waals surface area contributed by atoms with E-state index in [4.69, 9.17) is 0 Å². The lowest BCUT2D eigenvalue weighted by atomic mass is 9.73. The van der Waals surface area contributed by atoms with Crippen LogP contribution in [0.15, 0.2) is 36.0 Å². The van der Waals surface area contributed by atoms with Gasteiger partial charge in [-0.25, -0.2) is 0 Å². The third kappa shape index (κ3) is 6.87. The summed E-state index contributed by atoms with van der Waals surface area (Å²) in [6.07, 6.45) is 13.5. The second kappa shape index (κ2) is 11.6. The quantitative estimate of drug-likeness (QED) is 0.374. The van der Waals surface area contributed by atoms with Gasteiger partial charge in [0.2, 0.25) is 0 Å². The van der Waals surface area contributed by atoms with Crippen molar-refractivity contribution in [1.29, 1.82) is 0 Å². The Morgan fingerprint density at radius 1 is 0.844 bits per heavy atom. The molecule has 0 aromatic heterocycles. The van der Waals surface area contributed by atoms with E-state index in [-0.39, 0.29) is 0 Å². The highest BCUT2D eigenvalue weighted by molar-refractivity contribution is 5.22. The average molecular weight is 441 g/mol. The summed E-state index contributed by atoms with van der Waals surface area (Å²) in [5.41, 5.74) is 5.08. The van der Waals surface area contributed by atoms with Gasteiger partial charge < -0.3 is 0 Å². The number of hydrogen-bond donors (Lipinski definition) is 0. The molecule has 0 saturated heterocycles. The van der Waals surface area contributed by atoms with Gasteiger partial charge in [0, 0.05) is 0 Å². The molecular weight excluding hydrogens is 384 g/mol. The highest BCUT2D eigenvalue weighted by Gasteiger charge is 2.47. The van der Waals surface area contributed by atoms with Crippen LogP contribution in [0, 0.1) is 52.8 Å². The van der Waals surface area contributed by atoms with E-state index < -0.39 is 0 Å². The van der Waals surface area contributed by atoms with E-state index in [0.29, 0.717) is 5.41 Å². The first kappa shape index (κ1) is 27.5. The van der Waals surface area contributed by atoms with Gasteiger partial charge in [0.25, 0.3) is 0 Å². The van der Waals surface area contributed by atoms with Gasteiger partial charge in [0.1, 0.15) is 0 Å². The molecule has 0 nitrogen and oxygen atoms in total. The summed E-state index contributed by atoms with van der Waals surface area (Å²) in [5, 5.41) is 0. The maximum absolute atomic E-state index is 4.19. The van der Waals surface area contributed by atoms with Crippen LogP contribution in [-0.2, 0) is 0 Å². The van der Waals surface area contributed by atoms with Gasteiger partial charge in [-0.15, -0.1) is 0 Å². The molecule has 0 heterocycles. The fourth-order valence-electron chi connectivity index (χ4n) is 6.52. The molecule has 0 heteroatoms. The molecule has 2 unspecified atom stereocenters. The van der Waals surface area contributed by atoms with Crippen molar-refractivity contribution in [2.45, 2.75) is 114 Å². The molecule has 0 radical (unpaired) electrons. The van der Waals surface area contributed by atoms with E-state index in [0.717, 1.165) is 47.3 Å². The van der Waals surface area contributed by atoms with Gasteiger partial charge in [-0.1, -0.05) is 91.3 Å². The number of fused-ring (bicyclic) bond motifs is 2. The Balaban J connectivity index is 0.000000170. The zero-order chi connectivity index (χ0) is 24.2. The van der Waals surface area contributed by atoms with E-state index in [1.165, 1.54) is 62.5 Å². The smallest absolute Gasteiger partial charge is 0.0116 e. The number of hydrogen-bond acceptors (Lipinski definition) is 0. The number of allylic oxidation sites excluding steroid dienone is 4. The Labute approximate surface area is 202 Å². The molecule has 0 spiro atoms. The molecule has 4 aliphatic rings. The van der Waals surface area contributed by atoms with Gasteiger partial charge in [0.15, 0.2) is 0 Å². The highest BCUT2D eigenvalue weighted by atomic mass is 14.5. The number of rotatable bonds is 2. The molecule has 4 aliphatic carbocycles. The Kier molecular flexibility index (Phi) is 9.93. The van der Waals surface area contributed by atoms with Crippen molar-refractivity contribution >= 4 is 0 Å². The van der Waals surface area contributed by atoms with Crippen molar-refractivity contribution in [2.75, 3.05) is 0 Å². The molecule has 3 saturated carbocycles. The van der Waals surface area contributed by atoms with Crippen molar-refractivity contribution < 1.29 is 0 Å². The molecule has 6 atom stereocenters. The second-order valence-electron chi connectivity index (χ2n) is 13.1. The summed E-state index contributed by atoms with van der Waals surface area (Å²) >= 11 is 0. The molecule has 0 aromatic rings. The molecule has 2 bridgehead atoms. The molecule has 32 heavy (non-hydrogen) atoms. The first-order valence-corrected chi connectivity index (χ1v) is 13.9. The van der Waals surface area contributed by atoms with Crippen LogP contribution in [0.1, 0.15) is 114 Å². The van der Waals surface area contributed by atoms with E-state index in [1.54, 1.807) is 5.57 Å². The minimum absolute atomic E-state index is 0.475. The third-order valence-electron chi connectivity index (χ3n) is 10.0. The fraction of sp³-hybridized carbons (Fsp3) is 0.812. The van der Waals surface area contributed by atoms with Gasteiger partial charge in [-0.05, 0) is 111 Å². The van der Waals surface area contributed by atoms with Crippen molar-refractivity contribution in [3.63, 3.8) is 0 Å². The van der Waals surface area contributed by atoms with Crippen LogP contribution in [0.3, 0.4) is 0 Å². The van der Waals surface area contributed by atoms with Crippen molar-refractivity contribution in [3.05, 3.63) is 36.0 Å². The standard InChI is InChI=1S/2C11H20.C10H16/c2*1-8(2)11-6-5-9(3)10(4)7-11;1-7-8-4-5-9(6-8)10(7,2)3/h5,8,10-11H,6-7H2,1-4H3;8,10-11H,3,5-7H2,1-2,4H3;8-9H,1,4-6H2,2-3H3/t2*10-,11-;/m11./s1. The van der Waals surface area contributed by atoms with Crippen LogP contribution >= 0.6 is 0 Å². The lowest BCUT2D eigenvalue weighted by Crippen LogP contribution is -2.21. The molecule has 3 fully saturated rings. The van der Waals surface area contributed by atoms with Crippen LogP contribution < -0.4 is 0 Å². The van der Waals surface area contributed by atoms with Gasteiger partial charge in [-0.3, -0.25) is 0 Å². The van der Waals surface area contributed by atoms with E-state index >= 15 is 0 Å². The Bertz CT molecular complexity index is 658. The molecule has 0 aliphatic heterocycles. The third-order valence-corrected chi connectivity index (χ3v) is 10.0. The summed E-state index contributed by atoms with van der Waals surface area (Å²) in [5.74, 6) is 7.08. The SMILES string of the molecule is C=C1C2CCC(C2)C1(C)C.C=C1CC[C@@H](C(C)C)C[C@H]1C.CC1=CC[C@@H](C(C)C)C[C@H]1C. The summed E-state index contributed by atoms with van der Waals surface area (Å²) in [6.45, 7) is 29.3. The van der Waals surface area contributed by atoms with Crippen LogP contribution in [0.2, 0.25) is 0 Å². The molecule has 0 N–H and O–H groups in total. The first-order valence-electron chi connectivity index (χ1n) is 13.9. The van der Waals surface area contributed by atoms with Gasteiger partial charge >= 0.3 is 0 Å². The van der Waals surface area contributed by atoms with Gasteiger partial charge in [-0.2, -0.15) is 0 Å². The zero-order valence-corrected chi connectivity index (χ0v) is 23.3. The predicted molar refractivity (Wildman–Crippen MR) is 145 cm³/mol. The Morgan fingerprint density at radius 2 is 1.44 bits per heavy atom.